The van der Waals surface area contributed by atoms with E-state index in [-0.39, 0.29) is 0 Å². The van der Waals surface area contributed by atoms with E-state index in [0.717, 1.165) is 18.5 Å². The van der Waals surface area contributed by atoms with Crippen molar-refractivity contribution in [1.82, 2.24) is 9.55 Å². The maximum Gasteiger partial charge on any atom is 0.0958 e. The van der Waals surface area contributed by atoms with E-state index in [1.165, 1.54) is 5.56 Å². The molecule has 0 aliphatic carbocycles. The molecule has 16 heavy (non-hydrogen) atoms. The summed E-state index contributed by atoms with van der Waals surface area (Å²) in [6.07, 6.45) is 4.60. The van der Waals surface area contributed by atoms with Crippen LogP contribution in [0.15, 0.2) is 42.9 Å². The second-order valence-electron chi connectivity index (χ2n) is 3.97. The van der Waals surface area contributed by atoms with Crippen LogP contribution in [0.4, 0.5) is 0 Å². The van der Waals surface area contributed by atoms with Crippen molar-refractivity contribution in [3.05, 3.63) is 54.1 Å². The molecule has 1 N–H and O–H groups in total. The molecule has 0 fully saturated rings. The van der Waals surface area contributed by atoms with Gasteiger partial charge in [0.25, 0.3) is 0 Å². The van der Waals surface area contributed by atoms with Crippen LogP contribution in [0, 0.1) is 0 Å². The third kappa shape index (κ3) is 2.49. The van der Waals surface area contributed by atoms with Crippen LogP contribution >= 0.6 is 0 Å². The van der Waals surface area contributed by atoms with E-state index in [0.29, 0.717) is 0 Å². The van der Waals surface area contributed by atoms with Gasteiger partial charge in [-0.15, -0.1) is 0 Å². The van der Waals surface area contributed by atoms with Crippen molar-refractivity contribution in [1.29, 1.82) is 0 Å². The first-order valence-electron chi connectivity index (χ1n) is 5.45. The van der Waals surface area contributed by atoms with E-state index in [1.807, 2.05) is 29.8 Å². The van der Waals surface area contributed by atoms with E-state index in [2.05, 4.69) is 17.1 Å². The molecule has 0 spiro atoms. The monoisotopic (exact) mass is 216 g/mol. The molecule has 1 unspecified atom stereocenters. The minimum Gasteiger partial charge on any atom is -0.387 e. The lowest BCUT2D eigenvalue weighted by Gasteiger charge is -2.10. The van der Waals surface area contributed by atoms with E-state index in [4.69, 9.17) is 0 Å². The van der Waals surface area contributed by atoms with Gasteiger partial charge in [-0.25, -0.2) is 4.98 Å². The Morgan fingerprint density at radius 1 is 1.31 bits per heavy atom. The number of hydrogen-bond donors (Lipinski definition) is 1. The first-order chi connectivity index (χ1) is 7.77. The Kier molecular flexibility index (Phi) is 3.37. The Morgan fingerprint density at radius 2 is 2.06 bits per heavy atom. The predicted octanol–water partition coefficient (Wildman–Crippen LogP) is 2.09. The van der Waals surface area contributed by atoms with Gasteiger partial charge in [-0.2, -0.15) is 0 Å². The molecule has 0 aliphatic rings. The van der Waals surface area contributed by atoms with Gasteiger partial charge in [-0.1, -0.05) is 30.3 Å². The van der Waals surface area contributed by atoms with Crippen molar-refractivity contribution < 1.29 is 5.11 Å². The second kappa shape index (κ2) is 4.94. The van der Waals surface area contributed by atoms with E-state index in [9.17, 15) is 5.11 Å². The lowest BCUT2D eigenvalue weighted by atomic mass is 10.1. The van der Waals surface area contributed by atoms with Crippen LogP contribution in [0.2, 0.25) is 0 Å². The van der Waals surface area contributed by atoms with Crippen LogP contribution in [0.25, 0.3) is 0 Å². The Bertz CT molecular complexity index is 436. The molecular weight excluding hydrogens is 200 g/mol. The molecule has 0 bridgehead atoms. The van der Waals surface area contributed by atoms with Crippen molar-refractivity contribution in [2.24, 2.45) is 7.05 Å². The summed E-state index contributed by atoms with van der Waals surface area (Å²) in [5, 5.41) is 9.99. The lowest BCUT2D eigenvalue weighted by Crippen LogP contribution is -2.04. The zero-order valence-corrected chi connectivity index (χ0v) is 9.37. The van der Waals surface area contributed by atoms with Gasteiger partial charge >= 0.3 is 0 Å². The Labute approximate surface area is 95.4 Å². The number of aliphatic hydroxyl groups is 1. The molecule has 2 aromatic rings. The maximum atomic E-state index is 9.99. The van der Waals surface area contributed by atoms with Crippen molar-refractivity contribution in [3.63, 3.8) is 0 Å². The first-order valence-corrected chi connectivity index (χ1v) is 5.45. The molecule has 3 heteroatoms. The molecule has 3 nitrogen and oxygen atoms in total. The SMILES string of the molecule is Cn1cncc1C(O)CCc1ccccc1. The van der Waals surface area contributed by atoms with Crippen molar-refractivity contribution in [2.45, 2.75) is 18.9 Å². The van der Waals surface area contributed by atoms with Gasteiger partial charge in [0.15, 0.2) is 0 Å². The molecular formula is C13H16N2O. The van der Waals surface area contributed by atoms with Crippen molar-refractivity contribution in [2.75, 3.05) is 0 Å². The Balaban J connectivity index is 1.94. The topological polar surface area (TPSA) is 38.0 Å². The number of benzene rings is 1. The number of rotatable bonds is 4. The van der Waals surface area contributed by atoms with Gasteiger partial charge in [-0.05, 0) is 18.4 Å². The minimum absolute atomic E-state index is 0.437. The number of imidazole rings is 1. The Morgan fingerprint density at radius 3 is 2.69 bits per heavy atom. The fourth-order valence-corrected chi connectivity index (χ4v) is 1.78. The lowest BCUT2D eigenvalue weighted by molar-refractivity contribution is 0.159. The molecule has 0 radical (unpaired) electrons. The van der Waals surface area contributed by atoms with Gasteiger partial charge in [0, 0.05) is 7.05 Å². The third-order valence-electron chi connectivity index (χ3n) is 2.74. The largest absolute Gasteiger partial charge is 0.387 e. The van der Waals surface area contributed by atoms with Crippen LogP contribution in [-0.2, 0) is 13.5 Å². The summed E-state index contributed by atoms with van der Waals surface area (Å²) < 4.78 is 1.86. The molecule has 1 aromatic carbocycles. The van der Waals surface area contributed by atoms with Crippen LogP contribution in [-0.4, -0.2) is 14.7 Å². The molecule has 1 aromatic heterocycles. The van der Waals surface area contributed by atoms with Gasteiger partial charge < -0.3 is 9.67 Å². The predicted molar refractivity (Wildman–Crippen MR) is 62.9 cm³/mol. The van der Waals surface area contributed by atoms with Gasteiger partial charge in [0.05, 0.1) is 24.3 Å². The summed E-state index contributed by atoms with van der Waals surface area (Å²) in [6, 6.07) is 10.2. The zero-order valence-electron chi connectivity index (χ0n) is 9.37. The molecule has 0 aliphatic heterocycles. The molecule has 1 atom stereocenters. The fraction of sp³-hybridized carbons (Fsp3) is 0.308. The highest BCUT2D eigenvalue weighted by Crippen LogP contribution is 2.17. The van der Waals surface area contributed by atoms with Crippen LogP contribution < -0.4 is 0 Å². The first kappa shape index (κ1) is 10.9. The van der Waals surface area contributed by atoms with Crippen LogP contribution in [0.1, 0.15) is 23.8 Å². The van der Waals surface area contributed by atoms with Gasteiger partial charge in [-0.3, -0.25) is 0 Å². The fourth-order valence-electron chi connectivity index (χ4n) is 1.78. The number of nitrogens with zero attached hydrogens (tertiary/aromatic N) is 2. The smallest absolute Gasteiger partial charge is 0.0958 e. The number of hydrogen-bond acceptors (Lipinski definition) is 2. The standard InChI is InChI=1S/C13H16N2O/c1-15-10-14-9-12(15)13(16)8-7-11-5-3-2-4-6-11/h2-6,9-10,13,16H,7-8H2,1H3. The molecule has 1 heterocycles. The minimum atomic E-state index is -0.437. The number of aryl methyl sites for hydroxylation is 2. The van der Waals surface area contributed by atoms with Crippen LogP contribution in [0.5, 0.6) is 0 Å². The number of aliphatic hydroxyl groups excluding tert-OH is 1. The maximum absolute atomic E-state index is 9.99. The van der Waals surface area contributed by atoms with E-state index < -0.39 is 6.10 Å². The summed E-state index contributed by atoms with van der Waals surface area (Å²) in [6.45, 7) is 0. The second-order valence-corrected chi connectivity index (χ2v) is 3.97. The molecule has 0 saturated heterocycles. The average Bonchev–Trinajstić information content (AvgIpc) is 2.74. The van der Waals surface area contributed by atoms with Crippen molar-refractivity contribution in [3.8, 4) is 0 Å². The quantitative estimate of drug-likeness (QED) is 0.849. The summed E-state index contributed by atoms with van der Waals surface area (Å²) in [5.41, 5.74) is 2.12. The highest BCUT2D eigenvalue weighted by molar-refractivity contribution is 5.15. The highest BCUT2D eigenvalue weighted by atomic mass is 16.3. The summed E-state index contributed by atoms with van der Waals surface area (Å²) in [4.78, 5) is 4.00. The molecule has 0 amide bonds. The van der Waals surface area contributed by atoms with E-state index in [1.54, 1.807) is 12.5 Å². The summed E-state index contributed by atoms with van der Waals surface area (Å²) in [7, 11) is 1.90. The van der Waals surface area contributed by atoms with Gasteiger partial charge in [0.2, 0.25) is 0 Å². The van der Waals surface area contributed by atoms with E-state index >= 15 is 0 Å². The average molecular weight is 216 g/mol. The Hall–Kier alpha value is -1.61. The molecule has 2 rings (SSSR count). The van der Waals surface area contributed by atoms with Crippen LogP contribution in [0.3, 0.4) is 0 Å². The third-order valence-corrected chi connectivity index (χ3v) is 2.74. The number of aromatic nitrogens is 2. The highest BCUT2D eigenvalue weighted by Gasteiger charge is 2.10. The van der Waals surface area contributed by atoms with Gasteiger partial charge in [0.1, 0.15) is 0 Å². The normalized spacial score (nSPS) is 12.6. The van der Waals surface area contributed by atoms with Crippen molar-refractivity contribution >= 4 is 0 Å². The summed E-state index contributed by atoms with van der Waals surface area (Å²) >= 11 is 0. The zero-order chi connectivity index (χ0) is 11.4. The molecule has 84 valence electrons. The molecule has 0 saturated carbocycles. The summed E-state index contributed by atoms with van der Waals surface area (Å²) in [5.74, 6) is 0.